The quantitative estimate of drug-likeness (QED) is 0.313. The number of thioether (sulfide) groups is 1. The Morgan fingerprint density at radius 2 is 1.93 bits per heavy atom. The van der Waals surface area contributed by atoms with E-state index in [0.717, 1.165) is 5.56 Å². The Morgan fingerprint density at radius 1 is 1.10 bits per heavy atom. The van der Waals surface area contributed by atoms with Gasteiger partial charge in [0.25, 0.3) is 5.56 Å². The summed E-state index contributed by atoms with van der Waals surface area (Å²) in [6.45, 7) is 0. The summed E-state index contributed by atoms with van der Waals surface area (Å²) in [6, 6.07) is 18.7. The molecule has 1 aromatic heterocycles. The van der Waals surface area contributed by atoms with Gasteiger partial charge in [-0.3, -0.25) is 9.36 Å². The van der Waals surface area contributed by atoms with Crippen LogP contribution < -0.4 is 10.3 Å². The highest BCUT2D eigenvalue weighted by Gasteiger charge is 2.15. The van der Waals surface area contributed by atoms with E-state index in [1.807, 2.05) is 36.4 Å². The van der Waals surface area contributed by atoms with Gasteiger partial charge < -0.3 is 4.74 Å². The second-order valence-corrected chi connectivity index (χ2v) is 7.63. The van der Waals surface area contributed by atoms with Crippen molar-refractivity contribution in [1.29, 1.82) is 0 Å². The molecule has 0 N–H and O–H groups in total. The van der Waals surface area contributed by atoms with Crippen LogP contribution in [0.3, 0.4) is 0 Å². The fourth-order valence-electron chi connectivity index (χ4n) is 2.97. The number of hydrogen-bond acceptors (Lipinski definition) is 4. The summed E-state index contributed by atoms with van der Waals surface area (Å²) in [5.74, 6) is 0.689. The Balaban J connectivity index is 1.84. The lowest BCUT2D eigenvalue weighted by atomic mass is 10.2. The number of aromatic nitrogens is 2. The van der Waals surface area contributed by atoms with Crippen molar-refractivity contribution in [2.45, 2.75) is 10.9 Å². The molecule has 3 aromatic carbocycles. The van der Waals surface area contributed by atoms with E-state index in [9.17, 15) is 9.18 Å². The Hall–Kier alpha value is -2.83. The number of fused-ring (bicyclic) bond motifs is 1. The number of rotatable bonds is 5. The summed E-state index contributed by atoms with van der Waals surface area (Å²) in [7, 11) is 1.58. The Bertz CT molecular complexity index is 1260. The zero-order valence-electron chi connectivity index (χ0n) is 15.4. The second-order valence-electron chi connectivity index (χ2n) is 6.28. The highest BCUT2D eigenvalue weighted by molar-refractivity contribution is 7.98. The van der Waals surface area contributed by atoms with E-state index < -0.39 is 0 Å². The van der Waals surface area contributed by atoms with Gasteiger partial charge in [0.1, 0.15) is 11.6 Å². The summed E-state index contributed by atoms with van der Waals surface area (Å²) >= 11 is 7.52. The van der Waals surface area contributed by atoms with Gasteiger partial charge in [-0.05, 0) is 42.0 Å². The van der Waals surface area contributed by atoms with Crippen LogP contribution in [0.5, 0.6) is 5.75 Å². The molecule has 0 spiro atoms. The van der Waals surface area contributed by atoms with E-state index in [4.69, 9.17) is 21.3 Å². The number of benzene rings is 3. The van der Waals surface area contributed by atoms with Gasteiger partial charge in [-0.1, -0.05) is 47.6 Å². The second kappa shape index (κ2) is 8.27. The lowest BCUT2D eigenvalue weighted by Crippen LogP contribution is -2.21. The molecule has 0 radical (unpaired) electrons. The minimum absolute atomic E-state index is 0.170. The average molecular weight is 427 g/mol. The van der Waals surface area contributed by atoms with Gasteiger partial charge >= 0.3 is 0 Å². The van der Waals surface area contributed by atoms with Crippen molar-refractivity contribution in [3.63, 3.8) is 0 Å². The first-order valence-electron chi connectivity index (χ1n) is 8.80. The van der Waals surface area contributed by atoms with E-state index in [-0.39, 0.29) is 11.4 Å². The highest BCUT2D eigenvalue weighted by atomic mass is 35.5. The molecular formula is C22H16ClFN2O2S. The van der Waals surface area contributed by atoms with Crippen LogP contribution in [0.1, 0.15) is 5.56 Å². The topological polar surface area (TPSA) is 44.1 Å². The number of methoxy groups -OCH3 is 1. The smallest absolute Gasteiger partial charge is 0.266 e. The fraction of sp³-hybridized carbons (Fsp3) is 0.0909. The largest absolute Gasteiger partial charge is 0.497 e. The molecule has 29 heavy (non-hydrogen) atoms. The van der Waals surface area contributed by atoms with Crippen LogP contribution >= 0.6 is 23.4 Å². The molecular weight excluding hydrogens is 411 g/mol. The monoisotopic (exact) mass is 426 g/mol. The predicted molar refractivity (Wildman–Crippen MR) is 115 cm³/mol. The molecule has 4 nitrogen and oxygen atoms in total. The number of ether oxygens (including phenoxy) is 1. The average Bonchev–Trinajstić information content (AvgIpc) is 2.73. The standard InChI is InChI=1S/C22H16ClFN2O2S/c1-28-17-6-4-5-16(12-17)26-21(27)18-7-2-3-8-20(18)25-22(26)29-13-14-9-10-15(24)11-19(14)23/h2-12H,13H2,1H3. The maximum atomic E-state index is 13.3. The van der Waals surface area contributed by atoms with Crippen molar-refractivity contribution in [3.05, 3.63) is 93.5 Å². The van der Waals surface area contributed by atoms with Crippen molar-refractivity contribution >= 4 is 34.3 Å². The van der Waals surface area contributed by atoms with Gasteiger partial charge in [0.05, 0.1) is 23.7 Å². The zero-order valence-corrected chi connectivity index (χ0v) is 17.0. The van der Waals surface area contributed by atoms with Crippen LogP contribution in [0, 0.1) is 5.82 Å². The summed E-state index contributed by atoms with van der Waals surface area (Å²) in [6.07, 6.45) is 0. The van der Waals surface area contributed by atoms with E-state index in [1.165, 1.54) is 23.9 Å². The molecule has 0 aliphatic heterocycles. The van der Waals surface area contributed by atoms with E-state index >= 15 is 0 Å². The molecule has 0 saturated heterocycles. The van der Waals surface area contributed by atoms with Crippen molar-refractivity contribution in [2.75, 3.05) is 7.11 Å². The fourth-order valence-corrected chi connectivity index (χ4v) is 4.30. The van der Waals surface area contributed by atoms with Crippen molar-refractivity contribution in [2.24, 2.45) is 0 Å². The maximum Gasteiger partial charge on any atom is 0.266 e. The summed E-state index contributed by atoms with van der Waals surface area (Å²) in [4.78, 5) is 18.0. The third-order valence-electron chi connectivity index (χ3n) is 4.43. The molecule has 0 aliphatic carbocycles. The molecule has 0 amide bonds. The lowest BCUT2D eigenvalue weighted by molar-refractivity contribution is 0.414. The molecule has 0 fully saturated rings. The highest BCUT2D eigenvalue weighted by Crippen LogP contribution is 2.28. The van der Waals surface area contributed by atoms with Crippen molar-refractivity contribution in [3.8, 4) is 11.4 Å². The molecule has 7 heteroatoms. The molecule has 0 saturated carbocycles. The molecule has 0 aliphatic rings. The summed E-state index contributed by atoms with van der Waals surface area (Å²) < 4.78 is 20.2. The molecule has 1 heterocycles. The molecule has 4 aromatic rings. The van der Waals surface area contributed by atoms with Crippen molar-refractivity contribution < 1.29 is 9.13 Å². The lowest BCUT2D eigenvalue weighted by Gasteiger charge is -2.14. The summed E-state index contributed by atoms with van der Waals surface area (Å²) in [5, 5.41) is 1.38. The maximum absolute atomic E-state index is 13.3. The van der Waals surface area contributed by atoms with Crippen LogP contribution in [-0.4, -0.2) is 16.7 Å². The Morgan fingerprint density at radius 3 is 2.72 bits per heavy atom. The number of halogens is 2. The van der Waals surface area contributed by atoms with Gasteiger partial charge in [0.15, 0.2) is 5.16 Å². The minimum atomic E-state index is -0.388. The minimum Gasteiger partial charge on any atom is -0.497 e. The first-order chi connectivity index (χ1) is 14.1. The van der Waals surface area contributed by atoms with Crippen molar-refractivity contribution in [1.82, 2.24) is 9.55 Å². The third kappa shape index (κ3) is 3.99. The summed E-state index contributed by atoms with van der Waals surface area (Å²) in [5.41, 5.74) is 1.86. The van der Waals surface area contributed by atoms with Gasteiger partial charge in [-0.15, -0.1) is 0 Å². The van der Waals surface area contributed by atoms with E-state index in [2.05, 4.69) is 0 Å². The van der Waals surface area contributed by atoms with Crippen LogP contribution in [-0.2, 0) is 5.75 Å². The first-order valence-corrected chi connectivity index (χ1v) is 10.2. The van der Waals surface area contributed by atoms with Crippen LogP contribution in [0.4, 0.5) is 4.39 Å². The molecule has 0 bridgehead atoms. The normalized spacial score (nSPS) is 11.0. The molecule has 0 unspecified atom stereocenters. The predicted octanol–water partition coefficient (Wildman–Crippen LogP) is 5.48. The van der Waals surface area contributed by atoms with Gasteiger partial charge in [0.2, 0.25) is 0 Å². The van der Waals surface area contributed by atoms with Gasteiger partial charge in [0, 0.05) is 16.8 Å². The zero-order chi connectivity index (χ0) is 20.4. The Kier molecular flexibility index (Phi) is 5.56. The molecule has 0 atom stereocenters. The number of nitrogens with zero attached hydrogens (tertiary/aromatic N) is 2. The number of para-hydroxylation sites is 1. The molecule has 146 valence electrons. The van der Waals surface area contributed by atoms with E-state index in [1.54, 1.807) is 29.9 Å². The van der Waals surface area contributed by atoms with Crippen LogP contribution in [0.25, 0.3) is 16.6 Å². The number of hydrogen-bond donors (Lipinski definition) is 0. The molecule has 4 rings (SSSR count). The van der Waals surface area contributed by atoms with Gasteiger partial charge in [-0.25, -0.2) is 9.37 Å². The van der Waals surface area contributed by atoms with Gasteiger partial charge in [-0.2, -0.15) is 0 Å². The van der Waals surface area contributed by atoms with E-state index in [0.29, 0.717) is 38.3 Å². The third-order valence-corrected chi connectivity index (χ3v) is 5.77. The SMILES string of the molecule is COc1cccc(-n2c(SCc3ccc(F)cc3Cl)nc3ccccc3c2=O)c1. The van der Waals surface area contributed by atoms with Crippen LogP contribution in [0.15, 0.2) is 76.7 Å². The first kappa shape index (κ1) is 19.5. The Labute approximate surface area is 175 Å². The van der Waals surface area contributed by atoms with Crippen LogP contribution in [0.2, 0.25) is 5.02 Å².